The Morgan fingerprint density at radius 1 is 1.09 bits per heavy atom. The molecule has 7 heteroatoms. The molecule has 0 unspecified atom stereocenters. The molecule has 0 aromatic heterocycles. The van der Waals surface area contributed by atoms with Crippen LogP contribution >= 0.6 is 0 Å². The minimum atomic E-state index is -4.94. The highest BCUT2D eigenvalue weighted by Gasteiger charge is 2.38. The number of anilines is 2. The summed E-state index contributed by atoms with van der Waals surface area (Å²) in [4.78, 5) is 22.3. The van der Waals surface area contributed by atoms with Gasteiger partial charge >= 0.3 is 12.1 Å². The first-order valence-corrected chi connectivity index (χ1v) is 6.74. The van der Waals surface area contributed by atoms with E-state index in [1.165, 1.54) is 12.1 Å². The molecule has 23 heavy (non-hydrogen) atoms. The fourth-order valence-corrected chi connectivity index (χ4v) is 2.37. The average Bonchev–Trinajstić information content (AvgIpc) is 2.85. The van der Waals surface area contributed by atoms with E-state index in [1.807, 2.05) is 5.32 Å². The van der Waals surface area contributed by atoms with Crippen LogP contribution in [0, 0.1) is 0 Å². The predicted molar refractivity (Wildman–Crippen MR) is 78.9 cm³/mol. The zero-order valence-corrected chi connectivity index (χ0v) is 11.7. The van der Waals surface area contributed by atoms with Gasteiger partial charge in [0, 0.05) is 11.4 Å². The van der Waals surface area contributed by atoms with E-state index in [1.54, 1.807) is 30.3 Å². The van der Waals surface area contributed by atoms with Crippen LogP contribution in [0.15, 0.2) is 42.5 Å². The Morgan fingerprint density at radius 2 is 1.83 bits per heavy atom. The summed E-state index contributed by atoms with van der Waals surface area (Å²) in [5, 5.41) is 4.53. The first kappa shape index (κ1) is 15.1. The van der Waals surface area contributed by atoms with Gasteiger partial charge in [0.15, 0.2) is 0 Å². The summed E-state index contributed by atoms with van der Waals surface area (Å²) >= 11 is 0. The number of alkyl halides is 3. The summed E-state index contributed by atoms with van der Waals surface area (Å²) in [6, 6.07) is 11.4. The Morgan fingerprint density at radius 3 is 2.57 bits per heavy atom. The van der Waals surface area contributed by atoms with Gasteiger partial charge in [-0.15, -0.1) is 0 Å². The van der Waals surface area contributed by atoms with Crippen molar-refractivity contribution in [2.24, 2.45) is 0 Å². The van der Waals surface area contributed by atoms with Crippen molar-refractivity contribution in [2.45, 2.75) is 12.6 Å². The van der Waals surface area contributed by atoms with E-state index in [0.717, 1.165) is 11.1 Å². The lowest BCUT2D eigenvalue weighted by Crippen LogP contribution is -2.29. The van der Waals surface area contributed by atoms with Gasteiger partial charge in [0.2, 0.25) is 5.91 Å². The highest BCUT2D eigenvalue weighted by molar-refractivity contribution is 6.00. The van der Waals surface area contributed by atoms with Crippen LogP contribution < -0.4 is 10.6 Å². The molecule has 0 fully saturated rings. The van der Waals surface area contributed by atoms with Crippen molar-refractivity contribution in [3.63, 3.8) is 0 Å². The maximum Gasteiger partial charge on any atom is 0.471 e. The van der Waals surface area contributed by atoms with Gasteiger partial charge in [-0.3, -0.25) is 9.59 Å². The lowest BCUT2D eigenvalue weighted by molar-refractivity contribution is -0.167. The van der Waals surface area contributed by atoms with Crippen molar-refractivity contribution in [1.29, 1.82) is 0 Å². The van der Waals surface area contributed by atoms with Gasteiger partial charge in [-0.2, -0.15) is 13.2 Å². The highest BCUT2D eigenvalue weighted by atomic mass is 19.4. The molecular weight excluding hydrogens is 309 g/mol. The maximum atomic E-state index is 12.3. The third-order valence-corrected chi connectivity index (χ3v) is 3.45. The van der Waals surface area contributed by atoms with Gasteiger partial charge in [-0.25, -0.2) is 0 Å². The van der Waals surface area contributed by atoms with E-state index in [2.05, 4.69) is 5.32 Å². The lowest BCUT2D eigenvalue weighted by atomic mass is 10.0. The number of fused-ring (bicyclic) bond motifs is 1. The predicted octanol–water partition coefficient (Wildman–Crippen LogP) is 3.35. The third-order valence-electron chi connectivity index (χ3n) is 3.45. The van der Waals surface area contributed by atoms with Crippen molar-refractivity contribution >= 4 is 23.2 Å². The monoisotopic (exact) mass is 320 g/mol. The molecule has 4 nitrogen and oxygen atoms in total. The number of nitrogens with one attached hydrogen (secondary N) is 2. The minimum absolute atomic E-state index is 0.0503. The summed E-state index contributed by atoms with van der Waals surface area (Å²) in [5.41, 5.74) is 2.98. The summed E-state index contributed by atoms with van der Waals surface area (Å²) in [6.07, 6.45) is -4.62. The van der Waals surface area contributed by atoms with Crippen LogP contribution in [-0.4, -0.2) is 18.0 Å². The molecule has 1 aliphatic rings. The van der Waals surface area contributed by atoms with Crippen molar-refractivity contribution in [3.05, 3.63) is 48.0 Å². The molecular formula is C16H11F3N2O2. The SMILES string of the molecule is O=C1Cc2ccc(-c3cccc(NC(=O)C(F)(F)F)c3)cc2N1. The largest absolute Gasteiger partial charge is 0.471 e. The molecule has 0 atom stereocenters. The van der Waals surface area contributed by atoms with Gasteiger partial charge in [0.1, 0.15) is 0 Å². The van der Waals surface area contributed by atoms with E-state index in [4.69, 9.17) is 0 Å². The standard InChI is InChI=1S/C16H11F3N2O2/c17-16(18,19)15(23)20-12-3-1-2-9(6-12)10-4-5-11-8-14(22)21-13(11)7-10/h1-7H,8H2,(H,20,23)(H,21,22). The topological polar surface area (TPSA) is 58.2 Å². The molecule has 2 aromatic rings. The molecule has 0 spiro atoms. The molecule has 0 bridgehead atoms. The molecule has 3 rings (SSSR count). The van der Waals surface area contributed by atoms with Crippen molar-refractivity contribution < 1.29 is 22.8 Å². The van der Waals surface area contributed by atoms with Gasteiger partial charge in [-0.1, -0.05) is 24.3 Å². The fraction of sp³-hybridized carbons (Fsp3) is 0.125. The number of hydrogen-bond donors (Lipinski definition) is 2. The number of rotatable bonds is 2. The second-order valence-electron chi connectivity index (χ2n) is 5.13. The van der Waals surface area contributed by atoms with Crippen LogP contribution in [0.1, 0.15) is 5.56 Å². The zero-order chi connectivity index (χ0) is 16.6. The van der Waals surface area contributed by atoms with Crippen LogP contribution in [0.4, 0.5) is 24.5 Å². The Labute approximate surface area is 129 Å². The first-order valence-electron chi connectivity index (χ1n) is 6.74. The van der Waals surface area contributed by atoms with Crippen LogP contribution in [0.3, 0.4) is 0 Å². The van der Waals surface area contributed by atoms with Crippen LogP contribution in [0.5, 0.6) is 0 Å². The number of hydrogen-bond acceptors (Lipinski definition) is 2. The number of benzene rings is 2. The second kappa shape index (κ2) is 5.42. The lowest BCUT2D eigenvalue weighted by Gasteiger charge is -2.10. The summed E-state index contributed by atoms with van der Waals surface area (Å²) in [6.45, 7) is 0. The first-order chi connectivity index (χ1) is 10.8. The smallest absolute Gasteiger partial charge is 0.326 e. The van der Waals surface area contributed by atoms with E-state index >= 15 is 0 Å². The Balaban J connectivity index is 1.87. The molecule has 118 valence electrons. The number of halogens is 3. The zero-order valence-electron chi connectivity index (χ0n) is 11.7. The Hall–Kier alpha value is -2.83. The molecule has 0 aliphatic carbocycles. The molecule has 1 aliphatic heterocycles. The van der Waals surface area contributed by atoms with E-state index in [9.17, 15) is 22.8 Å². The summed E-state index contributed by atoms with van der Waals surface area (Å²) < 4.78 is 36.9. The molecule has 0 saturated heterocycles. The molecule has 0 radical (unpaired) electrons. The quantitative estimate of drug-likeness (QED) is 0.891. The highest BCUT2D eigenvalue weighted by Crippen LogP contribution is 2.30. The number of amides is 2. The number of carbonyl (C=O) groups is 2. The van der Waals surface area contributed by atoms with Crippen LogP contribution in [0.2, 0.25) is 0 Å². The van der Waals surface area contributed by atoms with E-state index in [0.29, 0.717) is 17.7 Å². The third kappa shape index (κ3) is 3.18. The Kier molecular flexibility index (Phi) is 3.55. The summed E-state index contributed by atoms with van der Waals surface area (Å²) in [7, 11) is 0. The van der Waals surface area contributed by atoms with Crippen LogP contribution in [-0.2, 0) is 16.0 Å². The van der Waals surface area contributed by atoms with Gasteiger partial charge < -0.3 is 10.6 Å². The van der Waals surface area contributed by atoms with Crippen molar-refractivity contribution in [2.75, 3.05) is 10.6 Å². The van der Waals surface area contributed by atoms with Gasteiger partial charge in [-0.05, 0) is 34.9 Å². The normalized spacial score (nSPS) is 13.4. The summed E-state index contributed by atoms with van der Waals surface area (Å²) in [5.74, 6) is -2.11. The molecule has 1 heterocycles. The van der Waals surface area contributed by atoms with E-state index < -0.39 is 12.1 Å². The average molecular weight is 320 g/mol. The number of carbonyl (C=O) groups excluding carboxylic acids is 2. The van der Waals surface area contributed by atoms with Gasteiger partial charge in [0.05, 0.1) is 6.42 Å². The van der Waals surface area contributed by atoms with Crippen molar-refractivity contribution in [3.8, 4) is 11.1 Å². The van der Waals surface area contributed by atoms with E-state index in [-0.39, 0.29) is 11.6 Å². The second-order valence-corrected chi connectivity index (χ2v) is 5.13. The van der Waals surface area contributed by atoms with Crippen molar-refractivity contribution in [1.82, 2.24) is 0 Å². The Bertz CT molecular complexity index is 800. The molecule has 2 amide bonds. The molecule has 2 N–H and O–H groups in total. The van der Waals surface area contributed by atoms with Gasteiger partial charge in [0.25, 0.3) is 0 Å². The molecule has 2 aromatic carbocycles. The molecule has 0 saturated carbocycles. The van der Waals surface area contributed by atoms with Crippen LogP contribution in [0.25, 0.3) is 11.1 Å². The fourth-order valence-electron chi connectivity index (χ4n) is 2.37. The maximum absolute atomic E-state index is 12.3. The minimum Gasteiger partial charge on any atom is -0.326 e.